The molecular weight excluding hydrogens is 480 g/mol. The minimum absolute atomic E-state index is 0.0415. The van der Waals surface area contributed by atoms with Crippen LogP contribution >= 0.6 is 0 Å². The van der Waals surface area contributed by atoms with Crippen LogP contribution in [0.15, 0.2) is 17.0 Å². The molecule has 9 nitrogen and oxygen atoms in total. The highest BCUT2D eigenvalue weighted by atomic mass is 32.2. The van der Waals surface area contributed by atoms with Crippen LogP contribution in [0.5, 0.6) is 5.75 Å². The molecule has 0 radical (unpaired) electrons. The summed E-state index contributed by atoms with van der Waals surface area (Å²) in [6.45, 7) is 8.19. The van der Waals surface area contributed by atoms with Crippen molar-refractivity contribution in [3.05, 3.63) is 23.3 Å². The molecule has 0 aromatic heterocycles. The summed E-state index contributed by atoms with van der Waals surface area (Å²) in [6.07, 6.45) is 4.42. The second-order valence-corrected chi connectivity index (χ2v) is 12.3. The van der Waals surface area contributed by atoms with Crippen molar-refractivity contribution >= 4 is 15.9 Å². The summed E-state index contributed by atoms with van der Waals surface area (Å²) in [5.41, 5.74) is 1.27. The van der Waals surface area contributed by atoms with Gasteiger partial charge in [0.15, 0.2) is 0 Å². The molecule has 0 aliphatic carbocycles. The highest BCUT2D eigenvalue weighted by molar-refractivity contribution is 7.89. The van der Waals surface area contributed by atoms with Gasteiger partial charge in [-0.15, -0.1) is 0 Å². The molecule has 36 heavy (non-hydrogen) atoms. The zero-order chi connectivity index (χ0) is 26.5. The molecule has 3 rings (SSSR count). The number of methoxy groups -OCH3 is 1. The van der Waals surface area contributed by atoms with E-state index in [1.54, 1.807) is 33.1 Å². The number of sulfonamides is 1. The van der Waals surface area contributed by atoms with E-state index in [0.29, 0.717) is 22.9 Å². The van der Waals surface area contributed by atoms with Crippen LogP contribution in [-0.4, -0.2) is 120 Å². The Labute approximate surface area is 217 Å². The van der Waals surface area contributed by atoms with E-state index in [0.717, 1.165) is 39.0 Å². The van der Waals surface area contributed by atoms with Crippen LogP contribution in [0, 0.1) is 13.8 Å². The molecule has 1 aromatic carbocycles. The van der Waals surface area contributed by atoms with Gasteiger partial charge in [0.2, 0.25) is 15.9 Å². The lowest BCUT2D eigenvalue weighted by molar-refractivity contribution is -0.138. The molecule has 2 saturated heterocycles. The molecule has 2 fully saturated rings. The molecule has 2 aliphatic heterocycles. The minimum Gasteiger partial charge on any atom is -0.497 e. The third-order valence-electron chi connectivity index (χ3n) is 7.76. The quantitative estimate of drug-likeness (QED) is 0.433. The van der Waals surface area contributed by atoms with Crippen LogP contribution in [0.1, 0.15) is 36.8 Å². The Bertz CT molecular complexity index is 963. The average Bonchev–Trinajstić information content (AvgIpc) is 2.85. The highest BCUT2D eigenvalue weighted by Gasteiger charge is 2.30. The van der Waals surface area contributed by atoms with Gasteiger partial charge in [-0.1, -0.05) is 0 Å². The zero-order valence-corrected chi connectivity index (χ0v) is 23.6. The Morgan fingerprint density at radius 2 is 1.61 bits per heavy atom. The summed E-state index contributed by atoms with van der Waals surface area (Å²) in [7, 11) is 3.45. The Hall–Kier alpha value is -1.72. The predicted octanol–water partition coefficient (Wildman–Crippen LogP) is 1.97. The molecule has 204 valence electrons. The van der Waals surface area contributed by atoms with Crippen LogP contribution < -0.4 is 4.74 Å². The molecule has 0 atom stereocenters. The molecule has 1 aromatic rings. The second-order valence-electron chi connectivity index (χ2n) is 10.3. The Morgan fingerprint density at radius 1 is 1.03 bits per heavy atom. The lowest BCUT2D eigenvalue weighted by Gasteiger charge is -2.42. The molecule has 0 saturated carbocycles. The van der Waals surface area contributed by atoms with Gasteiger partial charge in [-0.05, 0) is 82.9 Å². The molecule has 2 aliphatic rings. The predicted molar refractivity (Wildman–Crippen MR) is 141 cm³/mol. The van der Waals surface area contributed by atoms with Gasteiger partial charge in [-0.3, -0.25) is 4.79 Å². The maximum atomic E-state index is 13.1. The van der Waals surface area contributed by atoms with E-state index in [9.17, 15) is 13.2 Å². The number of likely N-dealkylation sites (N-methyl/N-ethyl adjacent to an activating group) is 2. The maximum absolute atomic E-state index is 13.1. The number of hydrogen-bond acceptors (Lipinski definition) is 7. The van der Waals surface area contributed by atoms with Crippen molar-refractivity contribution in [1.82, 2.24) is 19.0 Å². The highest BCUT2D eigenvalue weighted by Crippen LogP contribution is 2.28. The SMILES string of the molecule is COc1cc(C)c(S(=O)(=O)N(C)CCOCC(=O)N(C)C2CCN(C3CCN(C)CC3)CC2)c(C)c1. The van der Waals surface area contributed by atoms with E-state index >= 15 is 0 Å². The molecule has 0 N–H and O–H groups in total. The van der Waals surface area contributed by atoms with Crippen LogP contribution in [0.3, 0.4) is 0 Å². The summed E-state index contributed by atoms with van der Waals surface area (Å²) in [6, 6.07) is 4.34. The number of benzene rings is 1. The van der Waals surface area contributed by atoms with Crippen LogP contribution in [0.25, 0.3) is 0 Å². The first-order chi connectivity index (χ1) is 17.0. The topological polar surface area (TPSA) is 82.6 Å². The van der Waals surface area contributed by atoms with Gasteiger partial charge in [0.25, 0.3) is 0 Å². The molecule has 0 spiro atoms. The van der Waals surface area contributed by atoms with Crippen molar-refractivity contribution in [2.75, 3.05) is 74.2 Å². The summed E-state index contributed by atoms with van der Waals surface area (Å²) in [5, 5.41) is 0. The van der Waals surface area contributed by atoms with Crippen molar-refractivity contribution in [3.8, 4) is 5.75 Å². The van der Waals surface area contributed by atoms with Gasteiger partial charge in [0.1, 0.15) is 12.4 Å². The first-order valence-electron chi connectivity index (χ1n) is 12.9. The van der Waals surface area contributed by atoms with Crippen LogP contribution in [0.2, 0.25) is 0 Å². The molecule has 10 heteroatoms. The molecule has 1 amide bonds. The number of piperidine rings is 2. The molecular formula is C26H44N4O5S. The molecule has 2 heterocycles. The smallest absolute Gasteiger partial charge is 0.248 e. The molecule has 0 unspecified atom stereocenters. The van der Waals surface area contributed by atoms with Crippen molar-refractivity contribution in [2.45, 2.75) is 56.5 Å². The van der Waals surface area contributed by atoms with Crippen molar-refractivity contribution in [3.63, 3.8) is 0 Å². The fourth-order valence-electron chi connectivity index (χ4n) is 5.37. The van der Waals surface area contributed by atoms with Gasteiger partial charge in [-0.25, -0.2) is 8.42 Å². The Kier molecular flexibility index (Phi) is 10.2. The van der Waals surface area contributed by atoms with Gasteiger partial charge in [-0.2, -0.15) is 4.31 Å². The van der Waals surface area contributed by atoms with E-state index in [4.69, 9.17) is 9.47 Å². The number of rotatable bonds is 10. The van der Waals surface area contributed by atoms with E-state index in [-0.39, 0.29) is 36.6 Å². The van der Waals surface area contributed by atoms with Gasteiger partial charge in [0, 0.05) is 45.8 Å². The second kappa shape index (κ2) is 12.7. The fourth-order valence-corrected chi connectivity index (χ4v) is 6.93. The average molecular weight is 525 g/mol. The largest absolute Gasteiger partial charge is 0.497 e. The van der Waals surface area contributed by atoms with E-state index in [2.05, 4.69) is 16.8 Å². The summed E-state index contributed by atoms with van der Waals surface area (Å²) < 4.78 is 38.4. The first-order valence-corrected chi connectivity index (χ1v) is 14.4. The summed E-state index contributed by atoms with van der Waals surface area (Å²) in [5.74, 6) is 0.574. The minimum atomic E-state index is -3.68. The van der Waals surface area contributed by atoms with Gasteiger partial charge in [0.05, 0.1) is 18.6 Å². The van der Waals surface area contributed by atoms with Crippen LogP contribution in [-0.2, 0) is 19.6 Å². The van der Waals surface area contributed by atoms with Gasteiger partial charge >= 0.3 is 0 Å². The number of carbonyl (C=O) groups excluding carboxylic acids is 1. The summed E-state index contributed by atoms with van der Waals surface area (Å²) in [4.78, 5) is 19.8. The lowest BCUT2D eigenvalue weighted by Crippen LogP contribution is -2.51. The monoisotopic (exact) mass is 524 g/mol. The third-order valence-corrected chi connectivity index (χ3v) is 9.92. The van der Waals surface area contributed by atoms with Crippen molar-refractivity contribution < 1.29 is 22.7 Å². The molecule has 0 bridgehead atoms. The lowest BCUT2D eigenvalue weighted by atomic mass is 9.97. The zero-order valence-electron chi connectivity index (χ0n) is 22.8. The van der Waals surface area contributed by atoms with Crippen molar-refractivity contribution in [2.24, 2.45) is 0 Å². The number of nitrogens with zero attached hydrogens (tertiary/aromatic N) is 4. The standard InChI is InChI=1S/C26H44N4O5S/c1-20-17-24(34-6)18-21(2)26(20)36(32,33)28(4)15-16-35-19-25(31)29(5)22-9-13-30(14-10-22)23-7-11-27(3)12-8-23/h17-18,22-23H,7-16,19H2,1-6H3. The normalized spacial score (nSPS) is 19.1. The number of amides is 1. The number of ether oxygens (including phenoxy) is 2. The van der Waals surface area contributed by atoms with Crippen molar-refractivity contribution in [1.29, 1.82) is 0 Å². The van der Waals surface area contributed by atoms with E-state index < -0.39 is 10.0 Å². The van der Waals surface area contributed by atoms with Gasteiger partial charge < -0.3 is 24.2 Å². The number of aryl methyl sites for hydroxylation is 2. The maximum Gasteiger partial charge on any atom is 0.248 e. The number of likely N-dealkylation sites (tertiary alicyclic amines) is 2. The Morgan fingerprint density at radius 3 is 2.17 bits per heavy atom. The first kappa shape index (κ1) is 28.8. The van der Waals surface area contributed by atoms with E-state index in [1.807, 2.05) is 11.9 Å². The number of carbonyl (C=O) groups is 1. The van der Waals surface area contributed by atoms with Crippen LogP contribution in [0.4, 0.5) is 0 Å². The number of hydrogen-bond donors (Lipinski definition) is 0. The summed E-state index contributed by atoms with van der Waals surface area (Å²) >= 11 is 0. The van der Waals surface area contributed by atoms with E-state index in [1.165, 1.54) is 24.2 Å². The third kappa shape index (κ3) is 6.98. The Balaban J connectivity index is 1.42. The fraction of sp³-hybridized carbons (Fsp3) is 0.731.